The second-order valence-electron chi connectivity index (χ2n) is 5.00. The van der Waals surface area contributed by atoms with E-state index in [0.29, 0.717) is 6.42 Å². The summed E-state index contributed by atoms with van der Waals surface area (Å²) in [7, 11) is -2.01. The molecule has 0 saturated carbocycles. The lowest BCUT2D eigenvalue weighted by Crippen LogP contribution is -2.28. The van der Waals surface area contributed by atoms with Gasteiger partial charge in [0.25, 0.3) is 0 Å². The monoisotopic (exact) mass is 383 g/mol. The molecule has 0 heterocycles. The summed E-state index contributed by atoms with van der Waals surface area (Å²) in [5.41, 5.74) is 0.789. The molecule has 0 amide bonds. The van der Waals surface area contributed by atoms with E-state index >= 15 is 0 Å². The molecule has 0 radical (unpaired) electrons. The molecule has 22 heavy (non-hydrogen) atoms. The highest BCUT2D eigenvalue weighted by molar-refractivity contribution is 9.10. The van der Waals surface area contributed by atoms with Crippen LogP contribution in [0.1, 0.15) is 18.1 Å². The lowest BCUT2D eigenvalue weighted by Gasteiger charge is -2.19. The van der Waals surface area contributed by atoms with Gasteiger partial charge >= 0.3 is 0 Å². The van der Waals surface area contributed by atoms with Gasteiger partial charge in [0, 0.05) is 18.1 Å². The number of rotatable bonds is 6. The van der Waals surface area contributed by atoms with E-state index in [2.05, 4.69) is 15.9 Å². The van der Waals surface area contributed by atoms with Crippen molar-refractivity contribution in [2.45, 2.75) is 17.4 Å². The van der Waals surface area contributed by atoms with Gasteiger partial charge in [-0.25, -0.2) is 12.7 Å². The van der Waals surface area contributed by atoms with Gasteiger partial charge in [-0.05, 0) is 36.2 Å². The Labute approximate surface area is 139 Å². The average Bonchev–Trinajstić information content (AvgIpc) is 2.53. The fraction of sp³-hybridized carbons (Fsp3) is 0.250. The molecule has 0 aromatic heterocycles. The van der Waals surface area contributed by atoms with Crippen LogP contribution in [0.4, 0.5) is 0 Å². The topological polar surface area (TPSA) is 57.6 Å². The fourth-order valence-electron chi connectivity index (χ4n) is 2.05. The van der Waals surface area contributed by atoms with Crippen molar-refractivity contribution in [2.24, 2.45) is 0 Å². The number of aliphatic hydroxyl groups is 1. The lowest BCUT2D eigenvalue weighted by atomic mass is 10.1. The third kappa shape index (κ3) is 4.16. The second-order valence-corrected chi connectivity index (χ2v) is 7.96. The Morgan fingerprint density at radius 3 is 2.27 bits per heavy atom. The zero-order valence-electron chi connectivity index (χ0n) is 12.2. The molecule has 0 spiro atoms. The second kappa shape index (κ2) is 7.37. The van der Waals surface area contributed by atoms with Crippen LogP contribution in [0, 0.1) is 0 Å². The van der Waals surface area contributed by atoms with Crippen molar-refractivity contribution in [3.8, 4) is 0 Å². The van der Waals surface area contributed by atoms with Crippen LogP contribution in [0.3, 0.4) is 0 Å². The van der Waals surface area contributed by atoms with E-state index in [0.717, 1.165) is 10.0 Å². The van der Waals surface area contributed by atoms with Crippen molar-refractivity contribution >= 4 is 26.0 Å². The summed E-state index contributed by atoms with van der Waals surface area (Å²) in [5.74, 6) is 0. The van der Waals surface area contributed by atoms with Crippen LogP contribution in [-0.4, -0.2) is 31.4 Å². The molecular formula is C16H18BrNO3S. The zero-order chi connectivity index (χ0) is 16.2. The lowest BCUT2D eigenvalue weighted by molar-refractivity contribution is 0.160. The minimum Gasteiger partial charge on any atom is -0.388 e. The van der Waals surface area contributed by atoms with E-state index in [1.54, 1.807) is 24.3 Å². The van der Waals surface area contributed by atoms with Crippen molar-refractivity contribution in [1.82, 2.24) is 4.31 Å². The molecule has 2 rings (SSSR count). The Morgan fingerprint density at radius 2 is 1.68 bits per heavy atom. The maximum absolute atomic E-state index is 12.4. The van der Waals surface area contributed by atoms with Crippen LogP contribution >= 0.6 is 15.9 Å². The Bertz CT molecular complexity index is 702. The number of hydrogen-bond donors (Lipinski definition) is 1. The summed E-state index contributed by atoms with van der Waals surface area (Å²) in [5, 5.41) is 10.1. The molecule has 1 unspecified atom stereocenters. The van der Waals surface area contributed by atoms with Crippen molar-refractivity contribution in [3.63, 3.8) is 0 Å². The summed E-state index contributed by atoms with van der Waals surface area (Å²) in [6, 6.07) is 15.7. The highest BCUT2D eigenvalue weighted by atomic mass is 79.9. The minimum absolute atomic E-state index is 0.243. The number of nitrogens with zero attached hydrogens (tertiary/aromatic N) is 1. The van der Waals surface area contributed by atoms with Gasteiger partial charge in [-0.3, -0.25) is 0 Å². The molecular weight excluding hydrogens is 366 g/mol. The number of halogens is 1. The van der Waals surface area contributed by atoms with Gasteiger partial charge in [-0.1, -0.05) is 46.3 Å². The maximum atomic E-state index is 12.4. The average molecular weight is 384 g/mol. The third-order valence-corrected chi connectivity index (χ3v) is 5.82. The Morgan fingerprint density at radius 1 is 1.09 bits per heavy atom. The number of hydrogen-bond acceptors (Lipinski definition) is 3. The molecule has 0 aliphatic rings. The first-order valence-electron chi connectivity index (χ1n) is 6.86. The molecule has 0 aliphatic carbocycles. The van der Waals surface area contributed by atoms with Gasteiger partial charge < -0.3 is 5.11 Å². The van der Waals surface area contributed by atoms with Crippen LogP contribution in [0.5, 0.6) is 0 Å². The van der Waals surface area contributed by atoms with Gasteiger partial charge in [0.2, 0.25) is 10.0 Å². The summed E-state index contributed by atoms with van der Waals surface area (Å²) < 4.78 is 26.9. The van der Waals surface area contributed by atoms with E-state index in [4.69, 9.17) is 0 Å². The van der Waals surface area contributed by atoms with Gasteiger partial charge in [0.05, 0.1) is 11.0 Å². The van der Waals surface area contributed by atoms with Crippen LogP contribution < -0.4 is 0 Å². The summed E-state index contributed by atoms with van der Waals surface area (Å²) in [6.07, 6.45) is -0.334. The largest absolute Gasteiger partial charge is 0.388 e. The van der Waals surface area contributed by atoms with E-state index in [1.807, 2.05) is 30.3 Å². The Hall–Kier alpha value is -1.21. The highest BCUT2D eigenvalue weighted by Crippen LogP contribution is 2.20. The smallest absolute Gasteiger partial charge is 0.242 e. The van der Waals surface area contributed by atoms with Crippen molar-refractivity contribution < 1.29 is 13.5 Å². The third-order valence-electron chi connectivity index (χ3n) is 3.42. The quantitative estimate of drug-likeness (QED) is 0.832. The highest BCUT2D eigenvalue weighted by Gasteiger charge is 2.21. The summed E-state index contributed by atoms with van der Waals surface area (Å²) >= 11 is 3.28. The summed E-state index contributed by atoms with van der Waals surface area (Å²) in [6.45, 7) is 0.245. The molecule has 0 aliphatic heterocycles. The van der Waals surface area contributed by atoms with Crippen molar-refractivity contribution in [3.05, 3.63) is 64.6 Å². The molecule has 2 aromatic rings. The van der Waals surface area contributed by atoms with Gasteiger partial charge in [0.1, 0.15) is 0 Å². The van der Waals surface area contributed by atoms with Crippen molar-refractivity contribution in [1.29, 1.82) is 0 Å². The Balaban J connectivity index is 2.02. The number of aliphatic hydroxyl groups excluding tert-OH is 1. The standard InChI is InChI=1S/C16H18BrNO3S/c1-18(12-11-16(19)13-5-3-2-4-6-13)22(20,21)15-9-7-14(17)8-10-15/h2-10,16,19H,11-12H2,1H3. The number of benzene rings is 2. The molecule has 1 N–H and O–H groups in total. The molecule has 2 aromatic carbocycles. The predicted octanol–water partition coefficient (Wildman–Crippen LogP) is 3.19. The first-order valence-corrected chi connectivity index (χ1v) is 9.09. The summed E-state index contributed by atoms with van der Waals surface area (Å²) in [4.78, 5) is 0.243. The number of sulfonamides is 1. The normalized spacial score (nSPS) is 13.3. The van der Waals surface area contributed by atoms with Crippen LogP contribution in [-0.2, 0) is 10.0 Å². The van der Waals surface area contributed by atoms with Gasteiger partial charge in [-0.15, -0.1) is 0 Å². The predicted molar refractivity (Wildman–Crippen MR) is 90.0 cm³/mol. The maximum Gasteiger partial charge on any atom is 0.242 e. The van der Waals surface area contributed by atoms with Crippen LogP contribution in [0.25, 0.3) is 0 Å². The molecule has 0 saturated heterocycles. The van der Waals surface area contributed by atoms with E-state index < -0.39 is 16.1 Å². The van der Waals surface area contributed by atoms with Crippen LogP contribution in [0.15, 0.2) is 64.0 Å². The van der Waals surface area contributed by atoms with Gasteiger partial charge in [-0.2, -0.15) is 0 Å². The molecule has 0 bridgehead atoms. The van der Waals surface area contributed by atoms with E-state index in [-0.39, 0.29) is 11.4 Å². The fourth-order valence-corrected chi connectivity index (χ4v) is 3.50. The van der Waals surface area contributed by atoms with Crippen molar-refractivity contribution in [2.75, 3.05) is 13.6 Å². The first-order chi connectivity index (χ1) is 10.4. The molecule has 0 fully saturated rings. The minimum atomic E-state index is -3.53. The van der Waals surface area contributed by atoms with E-state index in [9.17, 15) is 13.5 Å². The molecule has 6 heteroatoms. The molecule has 4 nitrogen and oxygen atoms in total. The molecule has 118 valence electrons. The van der Waals surface area contributed by atoms with Crippen LogP contribution in [0.2, 0.25) is 0 Å². The zero-order valence-corrected chi connectivity index (χ0v) is 14.6. The van der Waals surface area contributed by atoms with E-state index in [1.165, 1.54) is 11.4 Å². The first kappa shape index (κ1) is 17.1. The molecule has 1 atom stereocenters. The Kier molecular flexibility index (Phi) is 5.74. The SMILES string of the molecule is CN(CCC(O)c1ccccc1)S(=O)(=O)c1ccc(Br)cc1. The van der Waals surface area contributed by atoms with Gasteiger partial charge in [0.15, 0.2) is 0 Å².